The number of hydrogen-bond donors (Lipinski definition) is 1. The van der Waals surface area contributed by atoms with Gasteiger partial charge in [-0.15, -0.1) is 11.3 Å². The quantitative estimate of drug-likeness (QED) is 0.430. The fourth-order valence-electron chi connectivity index (χ4n) is 4.45. The number of ether oxygens (including phenoxy) is 1. The van der Waals surface area contributed by atoms with E-state index in [4.69, 9.17) is 10.5 Å². The molecule has 2 N–H and O–H groups in total. The van der Waals surface area contributed by atoms with Crippen LogP contribution in [-0.4, -0.2) is 41.3 Å². The maximum Gasteiger partial charge on any atom is 0.426 e. The molecule has 1 amide bonds. The van der Waals surface area contributed by atoms with Gasteiger partial charge in [0.05, 0.1) is 2.88 Å². The van der Waals surface area contributed by atoms with Crippen molar-refractivity contribution < 1.29 is 22.7 Å². The molecule has 0 spiro atoms. The van der Waals surface area contributed by atoms with E-state index < -0.39 is 29.3 Å². The first-order valence-electron chi connectivity index (χ1n) is 10.3. The van der Waals surface area contributed by atoms with Crippen molar-refractivity contribution in [1.82, 2.24) is 9.88 Å². The molecule has 0 aliphatic carbocycles. The molecule has 1 aliphatic heterocycles. The second kappa shape index (κ2) is 9.46. The topological polar surface area (TPSA) is 68.5 Å². The van der Waals surface area contributed by atoms with E-state index in [-0.39, 0.29) is 19.4 Å². The van der Waals surface area contributed by atoms with Gasteiger partial charge in [0.25, 0.3) is 0 Å². The Morgan fingerprint density at radius 1 is 1.34 bits per heavy atom. The van der Waals surface area contributed by atoms with Crippen molar-refractivity contribution in [1.29, 1.82) is 0 Å². The van der Waals surface area contributed by atoms with E-state index in [9.17, 15) is 18.0 Å². The molecule has 0 radical (unpaired) electrons. The Hall–Kier alpha value is -1.40. The number of aromatic nitrogens is 1. The first-order valence-corrected chi connectivity index (χ1v) is 12.2. The van der Waals surface area contributed by atoms with Gasteiger partial charge >= 0.3 is 12.3 Å². The number of likely N-dealkylation sites (tertiary alicyclic amines) is 1. The molecular weight excluding hydrogens is 554 g/mol. The van der Waals surface area contributed by atoms with Gasteiger partial charge in [0.15, 0.2) is 0 Å². The van der Waals surface area contributed by atoms with Crippen LogP contribution in [0, 0.1) is 15.2 Å². The SMILES string of the molecule is Cc1ccc(C(C)(C)N2CCC(CCc3ccc(I)s3)([C@H](OC(N)=O)C(F)(F)F)C2)cn1. The fraction of sp³-hybridized carbons (Fsp3) is 0.545. The number of hydrogen-bond acceptors (Lipinski definition) is 5. The van der Waals surface area contributed by atoms with Gasteiger partial charge in [-0.1, -0.05) is 6.07 Å². The van der Waals surface area contributed by atoms with Gasteiger partial charge < -0.3 is 10.5 Å². The lowest BCUT2D eigenvalue weighted by atomic mass is 9.76. The number of primary amides is 1. The van der Waals surface area contributed by atoms with Gasteiger partial charge in [0.2, 0.25) is 6.10 Å². The molecule has 3 heterocycles. The molecule has 5 nitrogen and oxygen atoms in total. The maximum absolute atomic E-state index is 14.1. The Kier molecular flexibility index (Phi) is 7.45. The van der Waals surface area contributed by atoms with E-state index in [1.165, 1.54) is 0 Å². The third kappa shape index (κ3) is 5.56. The lowest BCUT2D eigenvalue weighted by Gasteiger charge is -2.41. The summed E-state index contributed by atoms with van der Waals surface area (Å²) in [5.41, 5.74) is 5.03. The number of aryl methyl sites for hydroxylation is 2. The molecule has 0 bridgehead atoms. The van der Waals surface area contributed by atoms with Crippen LogP contribution in [0.25, 0.3) is 0 Å². The van der Waals surface area contributed by atoms with E-state index in [2.05, 4.69) is 27.6 Å². The summed E-state index contributed by atoms with van der Waals surface area (Å²) in [5, 5.41) is 0. The Labute approximate surface area is 203 Å². The molecule has 1 saturated heterocycles. The van der Waals surface area contributed by atoms with Crippen LogP contribution in [-0.2, 0) is 16.7 Å². The van der Waals surface area contributed by atoms with Crippen LogP contribution in [0.1, 0.15) is 42.8 Å². The normalized spacial score (nSPS) is 21.0. The van der Waals surface area contributed by atoms with Gasteiger partial charge in [-0.25, -0.2) is 4.79 Å². The standard InChI is InChI=1S/C22H27F3IN3O2S/c1-14-4-5-15(12-28-14)20(2,3)29-11-10-21(13-29,9-8-16-6-7-17(26)32-16)18(22(23,24)25)31-19(27)30/h4-7,12,18H,8-11,13H2,1-3H3,(H2,27,30)/t18-,21?/m0/s1. The molecule has 176 valence electrons. The summed E-state index contributed by atoms with van der Waals surface area (Å²) in [7, 11) is 0. The minimum absolute atomic E-state index is 0.133. The summed E-state index contributed by atoms with van der Waals surface area (Å²) in [5.74, 6) is 0. The van der Waals surface area contributed by atoms with Crippen molar-refractivity contribution in [2.24, 2.45) is 11.1 Å². The van der Waals surface area contributed by atoms with Crippen molar-refractivity contribution in [3.63, 3.8) is 0 Å². The Morgan fingerprint density at radius 2 is 2.06 bits per heavy atom. The average molecular weight is 581 g/mol. The van der Waals surface area contributed by atoms with Crippen LogP contribution in [0.3, 0.4) is 0 Å². The van der Waals surface area contributed by atoms with Crippen molar-refractivity contribution in [3.05, 3.63) is 49.5 Å². The summed E-state index contributed by atoms with van der Waals surface area (Å²) < 4.78 is 48.2. The summed E-state index contributed by atoms with van der Waals surface area (Å²) in [6, 6.07) is 7.74. The molecule has 1 unspecified atom stereocenters. The number of pyridine rings is 1. The zero-order valence-electron chi connectivity index (χ0n) is 18.2. The highest BCUT2D eigenvalue weighted by Gasteiger charge is 2.59. The number of carbonyl (C=O) groups is 1. The molecule has 2 aromatic rings. The number of rotatable bonds is 7. The second-order valence-electron chi connectivity index (χ2n) is 8.85. The minimum atomic E-state index is -4.72. The van der Waals surface area contributed by atoms with Gasteiger partial charge in [-0.3, -0.25) is 9.88 Å². The predicted octanol–water partition coefficient (Wildman–Crippen LogP) is 5.64. The Balaban J connectivity index is 1.93. The Bertz CT molecular complexity index is 949. The number of alkyl halides is 3. The molecule has 1 aliphatic rings. The molecule has 0 aromatic carbocycles. The van der Waals surface area contributed by atoms with Crippen LogP contribution in [0.15, 0.2) is 30.5 Å². The van der Waals surface area contributed by atoms with Gasteiger partial charge in [0, 0.05) is 34.3 Å². The smallest absolute Gasteiger partial charge is 0.426 e. The first kappa shape index (κ1) is 25.2. The third-order valence-corrected chi connectivity index (χ3v) is 8.33. The summed E-state index contributed by atoms with van der Waals surface area (Å²) in [6.45, 7) is 6.42. The predicted molar refractivity (Wildman–Crippen MR) is 126 cm³/mol. The van der Waals surface area contributed by atoms with E-state index in [1.807, 2.05) is 49.9 Å². The molecular formula is C22H27F3IN3O2S. The number of thiophene rings is 1. The fourth-order valence-corrected chi connectivity index (χ4v) is 6.20. The Morgan fingerprint density at radius 3 is 2.59 bits per heavy atom. The van der Waals surface area contributed by atoms with Gasteiger partial charge in [-0.2, -0.15) is 13.2 Å². The van der Waals surface area contributed by atoms with Crippen molar-refractivity contribution in [3.8, 4) is 0 Å². The van der Waals surface area contributed by atoms with Crippen LogP contribution in [0.4, 0.5) is 18.0 Å². The van der Waals surface area contributed by atoms with Crippen LogP contribution in [0.2, 0.25) is 0 Å². The van der Waals surface area contributed by atoms with Gasteiger partial charge in [0.1, 0.15) is 0 Å². The second-order valence-corrected chi connectivity index (χ2v) is 11.9. The lowest BCUT2D eigenvalue weighted by molar-refractivity contribution is -0.237. The van der Waals surface area contributed by atoms with Crippen molar-refractivity contribution >= 4 is 40.0 Å². The maximum atomic E-state index is 14.1. The zero-order chi connectivity index (χ0) is 23.7. The number of amides is 1. The molecule has 10 heteroatoms. The van der Waals surface area contributed by atoms with Crippen molar-refractivity contribution in [2.45, 2.75) is 57.9 Å². The number of nitrogens with two attached hydrogens (primary N) is 1. The average Bonchev–Trinajstić information content (AvgIpc) is 3.31. The monoisotopic (exact) mass is 581 g/mol. The number of carbonyl (C=O) groups excluding carboxylic acids is 1. The number of nitrogens with zero attached hydrogens (tertiary/aromatic N) is 2. The highest BCUT2D eigenvalue weighted by Crippen LogP contribution is 2.49. The van der Waals surface area contributed by atoms with Crippen molar-refractivity contribution in [2.75, 3.05) is 13.1 Å². The van der Waals surface area contributed by atoms with E-state index in [0.29, 0.717) is 13.0 Å². The summed E-state index contributed by atoms with van der Waals surface area (Å²) in [4.78, 5) is 18.8. The van der Waals surface area contributed by atoms with E-state index in [0.717, 1.165) is 19.0 Å². The van der Waals surface area contributed by atoms with E-state index >= 15 is 0 Å². The summed E-state index contributed by atoms with van der Waals surface area (Å²) in [6.07, 6.45) is -5.66. The molecule has 0 saturated carbocycles. The molecule has 2 atom stereocenters. The van der Waals surface area contributed by atoms with Crippen LogP contribution >= 0.6 is 33.9 Å². The first-order chi connectivity index (χ1) is 14.8. The highest BCUT2D eigenvalue weighted by atomic mass is 127. The third-order valence-electron chi connectivity index (χ3n) is 6.38. The zero-order valence-corrected chi connectivity index (χ0v) is 21.2. The molecule has 1 fully saturated rings. The highest BCUT2D eigenvalue weighted by molar-refractivity contribution is 14.1. The largest absolute Gasteiger partial charge is 0.436 e. The van der Waals surface area contributed by atoms with Crippen LogP contribution < -0.4 is 5.73 Å². The molecule has 32 heavy (non-hydrogen) atoms. The van der Waals surface area contributed by atoms with Gasteiger partial charge in [-0.05, 0) is 92.9 Å². The molecule has 3 rings (SSSR count). The van der Waals surface area contributed by atoms with Crippen LogP contribution in [0.5, 0.6) is 0 Å². The summed E-state index contributed by atoms with van der Waals surface area (Å²) >= 11 is 3.75. The van der Waals surface area contributed by atoms with E-state index in [1.54, 1.807) is 17.5 Å². The lowest BCUT2D eigenvalue weighted by Crippen LogP contribution is -2.52. The molecule has 2 aromatic heterocycles. The minimum Gasteiger partial charge on any atom is -0.436 e. The number of halogens is 4.